The molecule has 1 aromatic heterocycles. The standard InChI is InChI=1S/C28H19Cl2NO4S3/c1-15(17-7-4-3-5-8-17)31-26(32)22(38-28(31)36)14-16-11-12-19(20(13-16)34-2)35-27(33)25-24(30)23-18(29)9-6-10-21(23)37-25/h3-15H,1-2H3/b22-14-/t15-/m0/s1. The van der Waals surface area contributed by atoms with Gasteiger partial charge in [0.1, 0.15) is 9.20 Å². The largest absolute Gasteiger partial charge is 0.493 e. The quantitative estimate of drug-likeness (QED) is 0.0959. The SMILES string of the molecule is COc1cc(/C=C2\SC(=S)N([C@@H](C)c3ccccc3)C2=O)ccc1OC(=O)c1sc2cccc(Cl)c2c1Cl. The number of carbonyl (C=O) groups excluding carboxylic acids is 2. The summed E-state index contributed by atoms with van der Waals surface area (Å²) in [5.74, 6) is -0.229. The van der Waals surface area contributed by atoms with Crippen LogP contribution in [0, 0.1) is 0 Å². The molecule has 192 valence electrons. The molecule has 4 aromatic rings. The van der Waals surface area contributed by atoms with Gasteiger partial charge in [0.05, 0.1) is 28.1 Å². The van der Waals surface area contributed by atoms with Gasteiger partial charge in [-0.25, -0.2) is 4.79 Å². The van der Waals surface area contributed by atoms with Crippen LogP contribution in [-0.4, -0.2) is 28.2 Å². The van der Waals surface area contributed by atoms with Gasteiger partial charge in [-0.05, 0) is 48.4 Å². The van der Waals surface area contributed by atoms with Crippen molar-refractivity contribution in [2.45, 2.75) is 13.0 Å². The van der Waals surface area contributed by atoms with E-state index in [1.165, 1.54) is 30.2 Å². The molecule has 1 saturated heterocycles. The van der Waals surface area contributed by atoms with Crippen LogP contribution in [0.1, 0.15) is 33.8 Å². The number of thioether (sulfide) groups is 1. The Balaban J connectivity index is 1.37. The van der Waals surface area contributed by atoms with E-state index < -0.39 is 5.97 Å². The van der Waals surface area contributed by atoms with Crippen molar-refractivity contribution >= 4 is 90.9 Å². The van der Waals surface area contributed by atoms with Crippen molar-refractivity contribution in [3.63, 3.8) is 0 Å². The lowest BCUT2D eigenvalue weighted by molar-refractivity contribution is -0.123. The van der Waals surface area contributed by atoms with E-state index in [4.69, 9.17) is 44.9 Å². The molecule has 5 nitrogen and oxygen atoms in total. The molecule has 1 aliphatic heterocycles. The lowest BCUT2D eigenvalue weighted by Gasteiger charge is -2.23. The topological polar surface area (TPSA) is 55.8 Å². The van der Waals surface area contributed by atoms with E-state index in [9.17, 15) is 9.59 Å². The lowest BCUT2D eigenvalue weighted by Crippen LogP contribution is -2.30. The number of esters is 1. The maximum atomic E-state index is 13.2. The van der Waals surface area contributed by atoms with Gasteiger partial charge in [0.2, 0.25) is 0 Å². The zero-order chi connectivity index (χ0) is 27.0. The Morgan fingerprint density at radius 3 is 2.53 bits per heavy atom. The van der Waals surface area contributed by atoms with Crippen LogP contribution in [0.2, 0.25) is 10.0 Å². The maximum absolute atomic E-state index is 13.2. The number of fused-ring (bicyclic) bond motifs is 1. The third kappa shape index (κ3) is 5.07. The van der Waals surface area contributed by atoms with Crippen LogP contribution in [0.25, 0.3) is 16.2 Å². The predicted molar refractivity (Wildman–Crippen MR) is 160 cm³/mol. The molecule has 3 aromatic carbocycles. The number of halogens is 2. The molecular formula is C28H19Cl2NO4S3. The number of nitrogens with zero attached hydrogens (tertiary/aromatic N) is 1. The number of benzene rings is 3. The number of thiophene rings is 1. The summed E-state index contributed by atoms with van der Waals surface area (Å²) < 4.78 is 12.4. The first-order valence-electron chi connectivity index (χ1n) is 11.4. The van der Waals surface area contributed by atoms with E-state index in [1.807, 2.05) is 43.3 Å². The summed E-state index contributed by atoms with van der Waals surface area (Å²) in [7, 11) is 1.48. The molecule has 1 fully saturated rings. The van der Waals surface area contributed by atoms with Crippen molar-refractivity contribution in [2.75, 3.05) is 7.11 Å². The van der Waals surface area contributed by atoms with E-state index in [0.717, 1.165) is 10.3 Å². The van der Waals surface area contributed by atoms with Gasteiger partial charge in [-0.2, -0.15) is 0 Å². The van der Waals surface area contributed by atoms with Gasteiger partial charge in [-0.1, -0.05) is 89.6 Å². The number of hydrogen-bond donors (Lipinski definition) is 0. The number of methoxy groups -OCH3 is 1. The van der Waals surface area contributed by atoms with E-state index in [-0.39, 0.29) is 27.6 Å². The molecule has 0 bridgehead atoms. The summed E-state index contributed by atoms with van der Waals surface area (Å²) in [4.78, 5) is 28.6. The van der Waals surface area contributed by atoms with Crippen LogP contribution < -0.4 is 9.47 Å². The molecule has 0 aliphatic carbocycles. The van der Waals surface area contributed by atoms with Gasteiger partial charge >= 0.3 is 5.97 Å². The fourth-order valence-corrected chi connectivity index (χ4v) is 7.29. The van der Waals surface area contributed by atoms with Crippen LogP contribution in [0.15, 0.2) is 71.6 Å². The minimum Gasteiger partial charge on any atom is -0.493 e. The van der Waals surface area contributed by atoms with Crippen LogP contribution >= 0.6 is 58.5 Å². The first-order valence-corrected chi connectivity index (χ1v) is 14.2. The second-order valence-electron chi connectivity index (χ2n) is 8.30. The second-order valence-corrected chi connectivity index (χ2v) is 11.8. The summed E-state index contributed by atoms with van der Waals surface area (Å²) in [6.45, 7) is 1.95. The number of rotatable bonds is 6. The molecule has 1 aliphatic rings. The number of thiocarbonyl (C=S) groups is 1. The fourth-order valence-electron chi connectivity index (χ4n) is 4.05. The molecule has 0 radical (unpaired) electrons. The van der Waals surface area contributed by atoms with Gasteiger partial charge < -0.3 is 9.47 Å². The van der Waals surface area contributed by atoms with Gasteiger partial charge in [0, 0.05) is 10.1 Å². The zero-order valence-electron chi connectivity index (χ0n) is 20.1. The monoisotopic (exact) mass is 599 g/mol. The number of ether oxygens (including phenoxy) is 2. The molecular weight excluding hydrogens is 581 g/mol. The summed E-state index contributed by atoms with van der Waals surface area (Å²) >= 11 is 20.7. The number of amides is 1. The zero-order valence-corrected chi connectivity index (χ0v) is 24.0. The van der Waals surface area contributed by atoms with E-state index in [1.54, 1.807) is 41.3 Å². The van der Waals surface area contributed by atoms with Crippen LogP contribution in [0.4, 0.5) is 0 Å². The highest BCUT2D eigenvalue weighted by Gasteiger charge is 2.36. The maximum Gasteiger partial charge on any atom is 0.355 e. The first-order chi connectivity index (χ1) is 18.3. The Bertz CT molecular complexity index is 1620. The smallest absolute Gasteiger partial charge is 0.355 e. The fraction of sp³-hybridized carbons (Fsp3) is 0.107. The van der Waals surface area contributed by atoms with Gasteiger partial charge in [0.25, 0.3) is 5.91 Å². The minimum atomic E-state index is -0.617. The number of carbonyl (C=O) groups is 2. The summed E-state index contributed by atoms with van der Waals surface area (Å²) in [6.07, 6.45) is 1.75. The average molecular weight is 601 g/mol. The predicted octanol–water partition coefficient (Wildman–Crippen LogP) is 8.40. The summed E-state index contributed by atoms with van der Waals surface area (Å²) in [5, 5.41) is 1.34. The van der Waals surface area contributed by atoms with Crippen molar-refractivity contribution in [2.24, 2.45) is 0 Å². The summed E-state index contributed by atoms with van der Waals surface area (Å²) in [6, 6.07) is 19.9. The third-order valence-corrected chi connectivity index (χ3v) is 9.24. The van der Waals surface area contributed by atoms with Crippen molar-refractivity contribution in [1.82, 2.24) is 4.90 Å². The summed E-state index contributed by atoms with van der Waals surface area (Å²) in [5.41, 5.74) is 1.69. The highest BCUT2D eigenvalue weighted by atomic mass is 35.5. The van der Waals surface area contributed by atoms with Crippen molar-refractivity contribution < 1.29 is 19.1 Å². The van der Waals surface area contributed by atoms with Gasteiger partial charge in [-0.3, -0.25) is 9.69 Å². The Morgan fingerprint density at radius 1 is 1.05 bits per heavy atom. The Hall–Kier alpha value is -2.88. The molecule has 0 N–H and O–H groups in total. The van der Waals surface area contributed by atoms with E-state index in [2.05, 4.69) is 0 Å². The molecule has 0 spiro atoms. The van der Waals surface area contributed by atoms with E-state index in [0.29, 0.717) is 30.9 Å². The third-order valence-electron chi connectivity index (χ3n) is 5.97. The molecule has 0 saturated carbocycles. The van der Waals surface area contributed by atoms with E-state index >= 15 is 0 Å². The molecule has 5 rings (SSSR count). The molecule has 38 heavy (non-hydrogen) atoms. The second kappa shape index (κ2) is 11.1. The highest BCUT2D eigenvalue weighted by molar-refractivity contribution is 8.26. The van der Waals surface area contributed by atoms with Crippen LogP contribution in [0.3, 0.4) is 0 Å². The minimum absolute atomic E-state index is 0.163. The lowest BCUT2D eigenvalue weighted by atomic mass is 10.1. The van der Waals surface area contributed by atoms with Crippen molar-refractivity contribution in [1.29, 1.82) is 0 Å². The average Bonchev–Trinajstić information content (AvgIpc) is 3.40. The van der Waals surface area contributed by atoms with Crippen LogP contribution in [0.5, 0.6) is 11.5 Å². The van der Waals surface area contributed by atoms with Crippen LogP contribution in [-0.2, 0) is 4.79 Å². The molecule has 1 amide bonds. The Labute approximate surface area is 242 Å². The molecule has 0 unspecified atom stereocenters. The normalized spacial score (nSPS) is 15.4. The molecule has 10 heteroatoms. The Morgan fingerprint density at radius 2 is 1.82 bits per heavy atom. The van der Waals surface area contributed by atoms with Crippen molar-refractivity contribution in [3.8, 4) is 11.5 Å². The van der Waals surface area contributed by atoms with Gasteiger partial charge in [0.15, 0.2) is 11.5 Å². The Kier molecular flexibility index (Phi) is 7.79. The van der Waals surface area contributed by atoms with Crippen molar-refractivity contribution in [3.05, 3.63) is 97.7 Å². The first kappa shape index (κ1) is 26.7. The molecule has 2 heterocycles. The van der Waals surface area contributed by atoms with Gasteiger partial charge in [-0.15, -0.1) is 11.3 Å². The highest BCUT2D eigenvalue weighted by Crippen LogP contribution is 2.41. The molecule has 1 atom stereocenters. The number of hydrogen-bond acceptors (Lipinski definition) is 7.